The van der Waals surface area contributed by atoms with E-state index < -0.39 is 24.0 Å². The summed E-state index contributed by atoms with van der Waals surface area (Å²) in [6.07, 6.45) is -1.38. The standard InChI is InChI=1S/C7H12O4.Li/c1-4-5(6(8)9)11-7(2,3)10-4;/h4-5H,1-3H3,(H,8,9);/q;+1/p-1/t4-,5+;/m0./s1. The van der Waals surface area contributed by atoms with Gasteiger partial charge in [0.15, 0.2) is 5.79 Å². The van der Waals surface area contributed by atoms with E-state index in [9.17, 15) is 9.90 Å². The topological polar surface area (TPSA) is 58.6 Å². The van der Waals surface area contributed by atoms with Gasteiger partial charge < -0.3 is 19.4 Å². The van der Waals surface area contributed by atoms with Crippen molar-refractivity contribution in [3.05, 3.63) is 0 Å². The predicted octanol–water partition coefficient (Wildman–Crippen LogP) is -3.72. The van der Waals surface area contributed by atoms with Gasteiger partial charge in [-0.05, 0) is 20.8 Å². The number of hydrogen-bond donors (Lipinski definition) is 0. The van der Waals surface area contributed by atoms with Crippen LogP contribution in [0.3, 0.4) is 0 Å². The predicted molar refractivity (Wildman–Crippen MR) is 34.5 cm³/mol. The van der Waals surface area contributed by atoms with Crippen molar-refractivity contribution in [2.45, 2.75) is 38.8 Å². The van der Waals surface area contributed by atoms with Crippen molar-refractivity contribution < 1.29 is 38.2 Å². The Bertz CT molecular complexity index is 180. The van der Waals surface area contributed by atoms with Gasteiger partial charge >= 0.3 is 18.9 Å². The van der Waals surface area contributed by atoms with Gasteiger partial charge in [0.2, 0.25) is 0 Å². The van der Waals surface area contributed by atoms with Crippen LogP contribution in [0.1, 0.15) is 20.8 Å². The molecule has 0 bridgehead atoms. The molecule has 4 nitrogen and oxygen atoms in total. The summed E-state index contributed by atoms with van der Waals surface area (Å²) in [7, 11) is 0. The van der Waals surface area contributed by atoms with Crippen LogP contribution in [-0.4, -0.2) is 24.0 Å². The van der Waals surface area contributed by atoms with E-state index in [1.807, 2.05) is 0 Å². The first-order valence-electron chi connectivity index (χ1n) is 3.49. The summed E-state index contributed by atoms with van der Waals surface area (Å²) in [4.78, 5) is 10.4. The Morgan fingerprint density at radius 2 is 1.92 bits per heavy atom. The summed E-state index contributed by atoms with van der Waals surface area (Å²) in [6.45, 7) is 4.99. The monoisotopic (exact) mass is 166 g/mol. The molecule has 1 aliphatic heterocycles. The van der Waals surface area contributed by atoms with E-state index in [-0.39, 0.29) is 18.9 Å². The maximum atomic E-state index is 10.4. The van der Waals surface area contributed by atoms with Gasteiger partial charge in [0.1, 0.15) is 6.10 Å². The smallest absolute Gasteiger partial charge is 0.547 e. The fraction of sp³-hybridized carbons (Fsp3) is 0.857. The van der Waals surface area contributed by atoms with Crippen molar-refractivity contribution in [2.75, 3.05) is 0 Å². The maximum Gasteiger partial charge on any atom is 1.00 e. The molecule has 0 N–H and O–H groups in total. The molecular formula is C7H11LiO4. The minimum Gasteiger partial charge on any atom is -0.547 e. The first-order chi connectivity index (χ1) is 4.92. The first kappa shape index (κ1) is 12.0. The van der Waals surface area contributed by atoms with Crippen molar-refractivity contribution in [3.63, 3.8) is 0 Å². The molecule has 0 saturated carbocycles. The maximum absolute atomic E-state index is 10.4. The van der Waals surface area contributed by atoms with Crippen LogP contribution in [0.15, 0.2) is 0 Å². The van der Waals surface area contributed by atoms with Gasteiger partial charge in [0.05, 0.1) is 12.1 Å². The minimum atomic E-state index is -1.22. The van der Waals surface area contributed by atoms with Gasteiger partial charge in [0, 0.05) is 0 Å². The normalized spacial score (nSPS) is 32.6. The summed E-state index contributed by atoms with van der Waals surface area (Å²) < 4.78 is 10.2. The number of carbonyl (C=O) groups is 1. The molecule has 12 heavy (non-hydrogen) atoms. The number of carboxylic acids is 1. The van der Waals surface area contributed by atoms with Gasteiger partial charge in [-0.2, -0.15) is 0 Å². The molecule has 0 amide bonds. The second-order valence-electron chi connectivity index (χ2n) is 3.08. The largest absolute Gasteiger partial charge is 1.00 e. The number of carbonyl (C=O) groups excluding carboxylic acids is 1. The average molecular weight is 166 g/mol. The summed E-state index contributed by atoms with van der Waals surface area (Å²) in [5, 5.41) is 10.4. The van der Waals surface area contributed by atoms with Gasteiger partial charge in [-0.15, -0.1) is 0 Å². The Kier molecular flexibility index (Phi) is 3.79. The van der Waals surface area contributed by atoms with Crippen molar-refractivity contribution in [1.29, 1.82) is 0 Å². The third-order valence-corrected chi connectivity index (χ3v) is 1.54. The quantitative estimate of drug-likeness (QED) is 0.376. The van der Waals surface area contributed by atoms with Crippen LogP contribution >= 0.6 is 0 Å². The molecule has 0 aromatic heterocycles. The fourth-order valence-electron chi connectivity index (χ4n) is 1.18. The summed E-state index contributed by atoms with van der Waals surface area (Å²) in [5.74, 6) is -2.02. The van der Waals surface area contributed by atoms with E-state index in [0.717, 1.165) is 0 Å². The summed E-state index contributed by atoms with van der Waals surface area (Å²) in [5.41, 5.74) is 0. The molecule has 0 radical (unpaired) electrons. The van der Waals surface area contributed by atoms with E-state index in [2.05, 4.69) is 0 Å². The molecule has 0 aromatic rings. The fourth-order valence-corrected chi connectivity index (χ4v) is 1.18. The zero-order chi connectivity index (χ0) is 8.65. The third kappa shape index (κ3) is 2.49. The molecule has 0 unspecified atom stereocenters. The molecule has 5 heteroatoms. The van der Waals surface area contributed by atoms with E-state index in [1.165, 1.54) is 0 Å². The summed E-state index contributed by atoms with van der Waals surface area (Å²) in [6, 6.07) is 0. The molecule has 1 saturated heterocycles. The van der Waals surface area contributed by atoms with Crippen LogP contribution in [0, 0.1) is 0 Å². The molecule has 1 fully saturated rings. The molecule has 1 aliphatic rings. The van der Waals surface area contributed by atoms with Crippen molar-refractivity contribution in [3.8, 4) is 0 Å². The number of ether oxygens (including phenoxy) is 2. The van der Waals surface area contributed by atoms with Crippen LogP contribution in [0.5, 0.6) is 0 Å². The number of carboxylic acid groups (broad SMARTS) is 1. The molecular weight excluding hydrogens is 155 g/mol. The Labute approximate surface area is 83.4 Å². The Balaban J connectivity index is 0.00000121. The Morgan fingerprint density at radius 1 is 1.42 bits per heavy atom. The van der Waals surface area contributed by atoms with E-state index in [0.29, 0.717) is 0 Å². The second kappa shape index (κ2) is 3.80. The third-order valence-electron chi connectivity index (χ3n) is 1.54. The Hall–Kier alpha value is -0.0126. The molecule has 0 aliphatic carbocycles. The van der Waals surface area contributed by atoms with Gasteiger partial charge in [-0.25, -0.2) is 0 Å². The minimum absolute atomic E-state index is 0. The molecule has 0 spiro atoms. The van der Waals surface area contributed by atoms with Crippen LogP contribution in [0.4, 0.5) is 0 Å². The molecule has 0 aromatic carbocycles. The molecule has 64 valence electrons. The number of rotatable bonds is 1. The Morgan fingerprint density at radius 3 is 2.08 bits per heavy atom. The van der Waals surface area contributed by atoms with E-state index >= 15 is 0 Å². The van der Waals surface area contributed by atoms with Crippen molar-refractivity contribution >= 4 is 5.97 Å². The van der Waals surface area contributed by atoms with Crippen LogP contribution in [-0.2, 0) is 14.3 Å². The molecule has 1 rings (SSSR count). The SMILES string of the molecule is C[C@@H]1OC(C)(C)O[C@H]1C(=O)[O-].[Li+]. The van der Waals surface area contributed by atoms with Crippen LogP contribution in [0.2, 0.25) is 0 Å². The van der Waals surface area contributed by atoms with Crippen molar-refractivity contribution in [1.82, 2.24) is 0 Å². The summed E-state index contributed by atoms with van der Waals surface area (Å²) >= 11 is 0. The van der Waals surface area contributed by atoms with Gasteiger partial charge in [-0.3, -0.25) is 0 Å². The second-order valence-corrected chi connectivity index (χ2v) is 3.08. The zero-order valence-electron chi connectivity index (χ0n) is 7.79. The number of hydrogen-bond acceptors (Lipinski definition) is 4. The van der Waals surface area contributed by atoms with Crippen LogP contribution < -0.4 is 24.0 Å². The molecule has 1 heterocycles. The van der Waals surface area contributed by atoms with E-state index in [4.69, 9.17) is 9.47 Å². The number of aliphatic carboxylic acids is 1. The van der Waals surface area contributed by atoms with E-state index in [1.54, 1.807) is 20.8 Å². The first-order valence-corrected chi connectivity index (χ1v) is 3.49. The van der Waals surface area contributed by atoms with Gasteiger partial charge in [0.25, 0.3) is 0 Å². The van der Waals surface area contributed by atoms with Gasteiger partial charge in [-0.1, -0.05) is 0 Å². The zero-order valence-corrected chi connectivity index (χ0v) is 7.79. The van der Waals surface area contributed by atoms with Crippen molar-refractivity contribution in [2.24, 2.45) is 0 Å². The average Bonchev–Trinajstić information content (AvgIpc) is 2.05. The van der Waals surface area contributed by atoms with Crippen LogP contribution in [0.25, 0.3) is 0 Å². The molecule has 2 atom stereocenters.